The van der Waals surface area contributed by atoms with Crippen LogP contribution in [0, 0.1) is 19.8 Å². The van der Waals surface area contributed by atoms with Crippen molar-refractivity contribution in [2.24, 2.45) is 5.92 Å². The fraction of sp³-hybridized carbons (Fsp3) is 0.474. The summed E-state index contributed by atoms with van der Waals surface area (Å²) < 4.78 is 0. The number of hydrogen-bond donors (Lipinski definition) is 2. The van der Waals surface area contributed by atoms with Crippen LogP contribution in [0.5, 0.6) is 5.75 Å². The SMILES string of the molecule is Cc1ccc(-c2nnc([C@H](O)[C@H]3CCCN(C)C3)cc2C)c(O)c1. The van der Waals surface area contributed by atoms with Crippen LogP contribution in [0.2, 0.25) is 0 Å². The maximum Gasteiger partial charge on any atom is 0.125 e. The Bertz CT molecular complexity index is 733. The van der Waals surface area contributed by atoms with Gasteiger partial charge in [0, 0.05) is 18.0 Å². The van der Waals surface area contributed by atoms with Crippen LogP contribution in [0.25, 0.3) is 11.3 Å². The van der Waals surface area contributed by atoms with E-state index < -0.39 is 6.10 Å². The smallest absolute Gasteiger partial charge is 0.125 e. The molecule has 0 aliphatic carbocycles. The molecule has 1 aromatic carbocycles. The highest BCUT2D eigenvalue weighted by molar-refractivity contribution is 5.69. The number of phenolic OH excluding ortho intramolecular Hbond substituents is 1. The zero-order valence-electron chi connectivity index (χ0n) is 14.5. The molecule has 2 aromatic rings. The Balaban J connectivity index is 1.86. The van der Waals surface area contributed by atoms with Crippen LogP contribution in [0.15, 0.2) is 24.3 Å². The van der Waals surface area contributed by atoms with E-state index in [0.717, 1.165) is 37.1 Å². The Hall–Kier alpha value is -1.98. The van der Waals surface area contributed by atoms with Crippen molar-refractivity contribution in [3.63, 3.8) is 0 Å². The molecule has 0 unspecified atom stereocenters. The van der Waals surface area contributed by atoms with Crippen LogP contribution in [0.4, 0.5) is 0 Å². The third-order valence-corrected chi connectivity index (χ3v) is 4.82. The first-order valence-electron chi connectivity index (χ1n) is 8.46. The lowest BCUT2D eigenvalue weighted by atomic mass is 9.90. The second-order valence-electron chi connectivity index (χ2n) is 6.93. The topological polar surface area (TPSA) is 69.5 Å². The third kappa shape index (κ3) is 3.42. The molecule has 5 nitrogen and oxygen atoms in total. The minimum atomic E-state index is -0.598. The molecule has 5 heteroatoms. The van der Waals surface area contributed by atoms with Crippen molar-refractivity contribution in [1.82, 2.24) is 15.1 Å². The van der Waals surface area contributed by atoms with Crippen molar-refractivity contribution in [2.75, 3.05) is 20.1 Å². The Labute approximate surface area is 143 Å². The molecular formula is C19H25N3O2. The van der Waals surface area contributed by atoms with E-state index in [1.807, 2.05) is 32.0 Å². The van der Waals surface area contributed by atoms with Crippen LogP contribution in [0.3, 0.4) is 0 Å². The number of hydrogen-bond acceptors (Lipinski definition) is 5. The molecule has 3 rings (SSSR count). The van der Waals surface area contributed by atoms with Gasteiger partial charge in [0.25, 0.3) is 0 Å². The minimum absolute atomic E-state index is 0.191. The van der Waals surface area contributed by atoms with Crippen LogP contribution >= 0.6 is 0 Å². The lowest BCUT2D eigenvalue weighted by Gasteiger charge is -2.32. The molecular weight excluding hydrogens is 302 g/mol. The lowest BCUT2D eigenvalue weighted by Crippen LogP contribution is -2.35. The van der Waals surface area contributed by atoms with E-state index in [-0.39, 0.29) is 11.7 Å². The molecule has 1 saturated heterocycles. The lowest BCUT2D eigenvalue weighted by molar-refractivity contribution is 0.0556. The van der Waals surface area contributed by atoms with E-state index in [1.165, 1.54) is 0 Å². The van der Waals surface area contributed by atoms with Gasteiger partial charge in [0.15, 0.2) is 0 Å². The summed E-state index contributed by atoms with van der Waals surface area (Å²) in [6.45, 7) is 5.83. The standard InChI is InChI=1S/C19H25N3O2/c1-12-6-7-15(17(23)9-12)18-13(2)10-16(20-21-18)19(24)14-5-4-8-22(3)11-14/h6-7,9-10,14,19,23-24H,4-5,8,11H2,1-3H3/t14-,19+/m0/s1. The fourth-order valence-corrected chi connectivity index (χ4v) is 3.46. The van der Waals surface area contributed by atoms with Crippen molar-refractivity contribution < 1.29 is 10.2 Å². The van der Waals surface area contributed by atoms with Gasteiger partial charge in [-0.25, -0.2) is 0 Å². The molecule has 1 aromatic heterocycles. The van der Waals surface area contributed by atoms with Crippen molar-refractivity contribution >= 4 is 0 Å². The van der Waals surface area contributed by atoms with E-state index in [4.69, 9.17) is 0 Å². The molecule has 1 aliphatic rings. The number of benzene rings is 1. The monoisotopic (exact) mass is 327 g/mol. The molecule has 24 heavy (non-hydrogen) atoms. The molecule has 0 bridgehead atoms. The number of aromatic hydroxyl groups is 1. The highest BCUT2D eigenvalue weighted by Gasteiger charge is 2.27. The second-order valence-corrected chi connectivity index (χ2v) is 6.93. The molecule has 0 radical (unpaired) electrons. The van der Waals surface area contributed by atoms with E-state index in [1.54, 1.807) is 6.07 Å². The summed E-state index contributed by atoms with van der Waals surface area (Å²) in [6.07, 6.45) is 1.51. The van der Waals surface area contributed by atoms with Crippen molar-refractivity contribution in [1.29, 1.82) is 0 Å². The van der Waals surface area contributed by atoms with Gasteiger partial charge in [0.1, 0.15) is 11.9 Å². The van der Waals surface area contributed by atoms with Gasteiger partial charge in [-0.05, 0) is 69.6 Å². The first-order valence-corrected chi connectivity index (χ1v) is 8.46. The summed E-state index contributed by atoms with van der Waals surface area (Å²) in [5.74, 6) is 0.394. The molecule has 0 saturated carbocycles. The number of aromatic nitrogens is 2. The van der Waals surface area contributed by atoms with Crippen LogP contribution in [-0.4, -0.2) is 45.4 Å². The number of phenols is 1. The van der Waals surface area contributed by atoms with Gasteiger partial charge in [0.05, 0.1) is 11.4 Å². The van der Waals surface area contributed by atoms with Gasteiger partial charge in [-0.3, -0.25) is 0 Å². The summed E-state index contributed by atoms with van der Waals surface area (Å²) in [4.78, 5) is 2.25. The zero-order valence-corrected chi connectivity index (χ0v) is 14.5. The van der Waals surface area contributed by atoms with E-state index in [9.17, 15) is 10.2 Å². The van der Waals surface area contributed by atoms with Crippen molar-refractivity contribution in [2.45, 2.75) is 32.8 Å². The number of aliphatic hydroxyl groups is 1. The highest BCUT2D eigenvalue weighted by Crippen LogP contribution is 2.33. The van der Waals surface area contributed by atoms with Gasteiger partial charge >= 0.3 is 0 Å². The van der Waals surface area contributed by atoms with Gasteiger partial charge in [0.2, 0.25) is 0 Å². The molecule has 0 amide bonds. The molecule has 1 aliphatic heterocycles. The Morgan fingerprint density at radius 3 is 2.67 bits per heavy atom. The number of piperidine rings is 1. The summed E-state index contributed by atoms with van der Waals surface area (Å²) in [6, 6.07) is 7.41. The van der Waals surface area contributed by atoms with Crippen molar-refractivity contribution in [3.8, 4) is 17.0 Å². The highest BCUT2D eigenvalue weighted by atomic mass is 16.3. The molecule has 0 spiro atoms. The summed E-state index contributed by atoms with van der Waals surface area (Å²) >= 11 is 0. The third-order valence-electron chi connectivity index (χ3n) is 4.82. The van der Waals surface area contributed by atoms with Gasteiger partial charge in [-0.2, -0.15) is 5.10 Å². The average Bonchev–Trinajstić information content (AvgIpc) is 2.55. The minimum Gasteiger partial charge on any atom is -0.507 e. The summed E-state index contributed by atoms with van der Waals surface area (Å²) in [7, 11) is 2.08. The Morgan fingerprint density at radius 2 is 2.00 bits per heavy atom. The molecule has 1 fully saturated rings. The van der Waals surface area contributed by atoms with Crippen LogP contribution in [-0.2, 0) is 0 Å². The number of nitrogens with zero attached hydrogens (tertiary/aromatic N) is 3. The number of rotatable bonds is 3. The first-order chi connectivity index (χ1) is 11.5. The summed E-state index contributed by atoms with van der Waals surface area (Å²) in [5, 5.41) is 29.4. The molecule has 2 N–H and O–H groups in total. The van der Waals surface area contributed by atoms with Crippen LogP contribution < -0.4 is 0 Å². The quantitative estimate of drug-likeness (QED) is 0.907. The Kier molecular flexibility index (Phi) is 4.83. The van der Waals surface area contributed by atoms with Crippen molar-refractivity contribution in [3.05, 3.63) is 41.1 Å². The number of likely N-dealkylation sites (tertiary alicyclic amines) is 1. The van der Waals surface area contributed by atoms with Gasteiger partial charge in [-0.1, -0.05) is 6.07 Å². The molecule has 2 atom stereocenters. The van der Waals surface area contributed by atoms with E-state index in [2.05, 4.69) is 22.1 Å². The van der Waals surface area contributed by atoms with E-state index in [0.29, 0.717) is 17.0 Å². The largest absolute Gasteiger partial charge is 0.507 e. The fourth-order valence-electron chi connectivity index (χ4n) is 3.46. The average molecular weight is 327 g/mol. The number of aryl methyl sites for hydroxylation is 2. The predicted octanol–water partition coefficient (Wildman–Crippen LogP) is 2.84. The van der Waals surface area contributed by atoms with Gasteiger partial charge < -0.3 is 15.1 Å². The Morgan fingerprint density at radius 1 is 1.21 bits per heavy atom. The number of aliphatic hydroxyl groups excluding tert-OH is 1. The predicted molar refractivity (Wildman–Crippen MR) is 93.8 cm³/mol. The van der Waals surface area contributed by atoms with Crippen LogP contribution in [0.1, 0.15) is 35.8 Å². The molecule has 128 valence electrons. The zero-order chi connectivity index (χ0) is 17.3. The maximum atomic E-state index is 10.7. The molecule has 2 heterocycles. The second kappa shape index (κ2) is 6.87. The summed E-state index contributed by atoms with van der Waals surface area (Å²) in [5.41, 5.74) is 3.84. The van der Waals surface area contributed by atoms with E-state index >= 15 is 0 Å². The normalized spacial score (nSPS) is 20.1. The van der Waals surface area contributed by atoms with Gasteiger partial charge in [-0.15, -0.1) is 5.10 Å². The first kappa shape index (κ1) is 16.9. The maximum absolute atomic E-state index is 10.7.